The summed E-state index contributed by atoms with van der Waals surface area (Å²) in [5.41, 5.74) is 4.54. The van der Waals surface area contributed by atoms with Crippen molar-refractivity contribution >= 4 is 81.9 Å². The molecule has 2 amide bonds. The van der Waals surface area contributed by atoms with E-state index < -0.39 is 89.2 Å². The van der Waals surface area contributed by atoms with E-state index >= 15 is 0 Å². The molecule has 0 bridgehead atoms. The number of halogens is 2. The van der Waals surface area contributed by atoms with Crippen molar-refractivity contribution in [1.29, 1.82) is 0 Å². The van der Waals surface area contributed by atoms with Crippen LogP contribution in [-0.2, 0) is 47.8 Å². The number of carbonyl (C=O) groups excluding carboxylic acids is 7. The summed E-state index contributed by atoms with van der Waals surface area (Å²) in [6.07, 6.45) is 17.8. The maximum absolute atomic E-state index is 14.9. The highest BCUT2D eigenvalue weighted by molar-refractivity contribution is 6.30. The van der Waals surface area contributed by atoms with E-state index in [2.05, 4.69) is 15.0 Å². The number of aromatic nitrogens is 2. The van der Waals surface area contributed by atoms with Gasteiger partial charge >= 0.3 is 5.97 Å². The van der Waals surface area contributed by atoms with Crippen molar-refractivity contribution in [2.24, 2.45) is 68.0 Å². The number of carboxylic acid groups (broad SMARTS) is 1. The van der Waals surface area contributed by atoms with Crippen LogP contribution < -0.4 is 15.2 Å². The predicted octanol–water partition coefficient (Wildman–Crippen LogP) is 12.5. The standard InChI is InChI=1S/C42H63ClN4O7.C27H40ClN3O5.C14H24N2O3/c1-8-12-28(38(51)35(50)19-26-15-16-26)20-33(48)32-21-30(54-36-18-17-29(43)23-44-36)24-47(32)39(52)31(41(2,3)4)22-34(49)37(27-13-10-9-11-14-27)46(7)40-45-42(5,6)25-53-40;1-5-6-17(24(34)22(33)11-16-7-8-16)12-21(32)20-13-19(36-23-10-9-18(28)14-30-23)15-31(20)26(35)25(29)27(2,3)4;1-14(2)9-19-13(15-14)16(3)11(12(17)18)10-7-5-4-6-8-10/h17-18,23,26-28,30-32,37-38,51H,8-16,19-22,24-25H2,1-7H3;9-10,14,16-17,19-20,24-25,34H,5-8,11-13,15,29H2,1-4H3;10-11H,4-9H2,1-3H3,(H,17,18)/t28-,30-,31-,32+,37+,38?;17-,19-,20+,24?,25-;11-/m110/s1. The quantitative estimate of drug-likeness (QED) is 0.0529. The van der Waals surface area contributed by atoms with Crippen molar-refractivity contribution in [2.75, 3.05) is 40.4 Å². The minimum Gasteiger partial charge on any atom is -0.480 e. The highest BCUT2D eigenvalue weighted by Gasteiger charge is 2.50. The summed E-state index contributed by atoms with van der Waals surface area (Å²) in [6, 6.07) is 4.16. The van der Waals surface area contributed by atoms with Gasteiger partial charge in [-0.25, -0.2) is 24.7 Å². The Bertz CT molecular complexity index is 3470. The van der Waals surface area contributed by atoms with Crippen molar-refractivity contribution in [3.8, 4) is 11.8 Å². The molecule has 6 fully saturated rings. The minimum atomic E-state index is -1.22. The smallest absolute Gasteiger partial charge is 0.326 e. The van der Waals surface area contributed by atoms with E-state index in [1.165, 1.54) is 23.7 Å². The van der Waals surface area contributed by atoms with Crippen molar-refractivity contribution in [3.63, 3.8) is 0 Å². The lowest BCUT2D eigenvalue weighted by Crippen LogP contribution is -2.53. The van der Waals surface area contributed by atoms with E-state index in [9.17, 15) is 53.7 Å². The molecule has 109 heavy (non-hydrogen) atoms. The molecule has 10 rings (SSSR count). The Morgan fingerprint density at radius 3 is 1.31 bits per heavy atom. The highest BCUT2D eigenvalue weighted by Crippen LogP contribution is 2.41. The van der Waals surface area contributed by atoms with Crippen LogP contribution in [0.2, 0.25) is 10.0 Å². The number of hydrogen-bond acceptors (Lipinski definition) is 21. The van der Waals surface area contributed by atoms with Crippen LogP contribution in [0.15, 0.2) is 46.6 Å². The Hall–Kier alpha value is -6.34. The van der Waals surface area contributed by atoms with Crippen molar-refractivity contribution in [1.82, 2.24) is 29.6 Å². The summed E-state index contributed by atoms with van der Waals surface area (Å²) in [5.74, 6) is -2.24. The van der Waals surface area contributed by atoms with Crippen LogP contribution in [0.3, 0.4) is 0 Å². The summed E-state index contributed by atoms with van der Waals surface area (Å²) in [7, 11) is 3.66. The molecule has 2 aromatic rings. The number of nitrogens with two attached hydrogens (primary N) is 1. The molecule has 24 nitrogen and oxygen atoms in total. The maximum Gasteiger partial charge on any atom is 0.326 e. The fourth-order valence-electron chi connectivity index (χ4n) is 16.3. The fraction of sp³-hybridized carbons (Fsp3) is 0.759. The van der Waals surface area contributed by atoms with Crippen LogP contribution in [0.1, 0.15) is 244 Å². The van der Waals surface area contributed by atoms with Gasteiger partial charge in [0.2, 0.25) is 23.6 Å². The van der Waals surface area contributed by atoms with Crippen LogP contribution in [-0.4, -0.2) is 210 Å². The molecule has 2 aromatic heterocycles. The van der Waals surface area contributed by atoms with E-state index in [-0.39, 0.29) is 109 Å². The summed E-state index contributed by atoms with van der Waals surface area (Å²) >= 11 is 12.0. The largest absolute Gasteiger partial charge is 0.480 e. The molecule has 6 heterocycles. The molecule has 608 valence electrons. The van der Waals surface area contributed by atoms with Gasteiger partial charge in [0, 0.05) is 89.5 Å². The molecular weight excluding hydrogens is 1430 g/mol. The third kappa shape index (κ3) is 25.3. The van der Waals surface area contributed by atoms with Gasteiger partial charge in [-0.05, 0) is 150 Å². The number of aliphatic carboxylic acids is 1. The van der Waals surface area contributed by atoms with Gasteiger partial charge in [-0.3, -0.25) is 33.6 Å². The van der Waals surface area contributed by atoms with Gasteiger partial charge in [0.1, 0.15) is 43.7 Å². The molecule has 0 radical (unpaired) electrons. The fourth-order valence-corrected chi connectivity index (χ4v) is 16.5. The number of hydrogen-bond donors (Lipinski definition) is 4. The average Bonchev–Trinajstić information content (AvgIpc) is 1.44. The number of likely N-dealkylation sites (tertiary alicyclic amines) is 2. The summed E-state index contributed by atoms with van der Waals surface area (Å²) in [4.78, 5) is 133. The van der Waals surface area contributed by atoms with Gasteiger partial charge in [-0.2, -0.15) is 0 Å². The molecule has 8 aliphatic rings. The molecule has 26 heteroatoms. The third-order valence-corrected chi connectivity index (χ3v) is 23.5. The highest BCUT2D eigenvalue weighted by atomic mass is 35.5. The minimum absolute atomic E-state index is 0.000963. The number of aliphatic imine (C=N–C) groups is 2. The number of rotatable bonds is 32. The average molecular weight is 1560 g/mol. The van der Waals surface area contributed by atoms with Gasteiger partial charge in [-0.1, -0.05) is 130 Å². The lowest BCUT2D eigenvalue weighted by Gasteiger charge is -2.39. The number of ether oxygens (including phenoxy) is 4. The number of pyridine rings is 2. The van der Waals surface area contributed by atoms with Crippen LogP contribution in [0.25, 0.3) is 0 Å². The van der Waals surface area contributed by atoms with Crippen molar-refractivity contribution in [3.05, 3.63) is 46.7 Å². The molecule has 4 saturated carbocycles. The summed E-state index contributed by atoms with van der Waals surface area (Å²) < 4.78 is 23.8. The lowest BCUT2D eigenvalue weighted by molar-refractivity contribution is -0.147. The van der Waals surface area contributed by atoms with E-state index in [1.54, 1.807) is 41.1 Å². The number of carboxylic acids is 1. The molecule has 5 N–H and O–H groups in total. The summed E-state index contributed by atoms with van der Waals surface area (Å²) in [5, 5.41) is 32.4. The number of ketones is 5. The second kappa shape index (κ2) is 38.9. The normalized spacial score (nSPS) is 23.6. The second-order valence-corrected chi connectivity index (χ2v) is 36.7. The Labute approximate surface area is 656 Å². The number of carbonyl (C=O) groups is 8. The predicted molar refractivity (Wildman–Crippen MR) is 419 cm³/mol. The van der Waals surface area contributed by atoms with Crippen molar-refractivity contribution < 1.29 is 72.6 Å². The first-order chi connectivity index (χ1) is 51.3. The molecule has 12 atom stereocenters. The molecular formula is C83H127Cl2N9O15. The lowest BCUT2D eigenvalue weighted by atomic mass is 9.73. The molecule has 0 spiro atoms. The van der Waals surface area contributed by atoms with Gasteiger partial charge in [-0.15, -0.1) is 0 Å². The molecule has 2 unspecified atom stereocenters. The monoisotopic (exact) mass is 1560 g/mol. The van der Waals surface area contributed by atoms with Gasteiger partial charge < -0.3 is 59.6 Å². The third-order valence-electron chi connectivity index (χ3n) is 23.0. The van der Waals surface area contributed by atoms with Crippen LogP contribution in [0.4, 0.5) is 0 Å². The number of aliphatic hydroxyl groups excluding tert-OH is 2. The number of amidine groups is 2. The number of aliphatic hydroxyl groups is 2. The van der Waals surface area contributed by atoms with Crippen LogP contribution >= 0.6 is 23.2 Å². The number of amides is 2. The van der Waals surface area contributed by atoms with Crippen molar-refractivity contribution in [2.45, 2.75) is 309 Å². The van der Waals surface area contributed by atoms with Gasteiger partial charge in [0.25, 0.3) is 12.0 Å². The van der Waals surface area contributed by atoms with E-state index in [0.29, 0.717) is 91.0 Å². The molecule has 4 aliphatic carbocycles. The van der Waals surface area contributed by atoms with E-state index in [0.717, 1.165) is 89.9 Å². The first-order valence-electron chi connectivity index (χ1n) is 40.3. The SMILES string of the molecule is CCC[C@H](CC(=O)[C@@H]1C[C@@H](Oc2ccc(Cl)cn2)CN1C(=O)[C@@H](CC(=O)[C@H](C1CCCCC1)N(C)C1=NC(C)(C)CO1)C(C)(C)C)C(O)C(=O)CC1CC1.CCC[C@H](CC(=O)[C@@H]1C[C@@H](Oc2ccc(Cl)cn2)CN1C(=O)[C@@H](N)C(C)(C)C)C(O)C(=O)CC1CC1.CN(C1=NC(C)(C)CO1)[C@H](C(=O)O)C1CCCCC1. The van der Waals surface area contributed by atoms with E-state index in [4.69, 9.17) is 52.9 Å². The first kappa shape index (κ1) is 88.2. The maximum atomic E-state index is 14.9. The number of nitrogens with zero attached hydrogens (tertiary/aromatic N) is 8. The molecule has 2 saturated heterocycles. The van der Waals surface area contributed by atoms with Crippen LogP contribution in [0, 0.1) is 52.3 Å². The zero-order valence-corrected chi connectivity index (χ0v) is 68.9. The Morgan fingerprint density at radius 2 is 0.972 bits per heavy atom. The van der Waals surface area contributed by atoms with E-state index in [1.807, 2.05) is 95.0 Å². The zero-order valence-electron chi connectivity index (χ0n) is 67.4. The zero-order chi connectivity index (χ0) is 80.0. The Kier molecular flexibility index (Phi) is 31.5. The van der Waals surface area contributed by atoms with Gasteiger partial charge in [0.15, 0.2) is 28.9 Å². The second-order valence-electron chi connectivity index (χ2n) is 35.8. The van der Waals surface area contributed by atoms with Gasteiger partial charge in [0.05, 0.1) is 58.4 Å². The topological polar surface area (TPSA) is 324 Å². The first-order valence-corrected chi connectivity index (χ1v) is 41.1. The van der Waals surface area contributed by atoms with Crippen LogP contribution in [0.5, 0.6) is 11.8 Å². The number of likely N-dealkylation sites (N-methyl/N-ethyl adjacent to an activating group) is 2. The molecule has 4 aliphatic heterocycles. The Balaban J connectivity index is 0.000000232. The summed E-state index contributed by atoms with van der Waals surface area (Å²) in [6.45, 7) is 24.8. The number of Topliss-reactive ketones (excluding diaryl/α,β-unsaturated/α-hetero) is 5. The Morgan fingerprint density at radius 1 is 0.578 bits per heavy atom. The molecule has 0 aromatic carbocycles.